The minimum absolute atomic E-state index is 0.0623. The molecule has 0 spiro atoms. The molecule has 35 heavy (non-hydrogen) atoms. The summed E-state index contributed by atoms with van der Waals surface area (Å²) in [5.74, 6) is 0.495. The zero-order valence-electron chi connectivity index (χ0n) is 20.4. The molecule has 1 unspecified atom stereocenters. The molecule has 0 bridgehead atoms. The number of unbranched alkanes of at least 4 members (excludes halogenated alkanes) is 1. The van der Waals surface area contributed by atoms with Crippen molar-refractivity contribution >= 4 is 28.4 Å². The maximum absolute atomic E-state index is 13.9. The largest absolute Gasteiger partial charge is 0.328 e. The topological polar surface area (TPSA) is 55.2 Å². The summed E-state index contributed by atoms with van der Waals surface area (Å²) in [6.45, 7) is 6.64. The van der Waals surface area contributed by atoms with E-state index in [0.29, 0.717) is 46.0 Å². The van der Waals surface area contributed by atoms with Crippen LogP contribution in [0.15, 0.2) is 77.6 Å². The number of carbonyl (C=O) groups excluding carboxylic acids is 1. The lowest BCUT2D eigenvalue weighted by atomic mass is 10.1. The zero-order valence-corrected chi connectivity index (χ0v) is 21.1. The molecule has 4 aromatic rings. The molecule has 0 aliphatic heterocycles. The SMILES string of the molecule is CCCCN(C(=O)c1ccccc1)C(CC)c1nc2ccccc2c(=O)n1-c1ccc(Cl)cc1C. The second-order valence-corrected chi connectivity index (χ2v) is 9.14. The number of amides is 1. The van der Waals surface area contributed by atoms with Gasteiger partial charge in [-0.1, -0.05) is 62.2 Å². The number of fused-ring (bicyclic) bond motifs is 1. The van der Waals surface area contributed by atoms with Gasteiger partial charge >= 0.3 is 0 Å². The number of aryl methyl sites for hydroxylation is 1. The molecule has 4 rings (SSSR count). The van der Waals surface area contributed by atoms with E-state index >= 15 is 0 Å². The van der Waals surface area contributed by atoms with E-state index in [4.69, 9.17) is 16.6 Å². The van der Waals surface area contributed by atoms with Crippen molar-refractivity contribution in [2.75, 3.05) is 6.54 Å². The van der Waals surface area contributed by atoms with Crippen LogP contribution in [-0.2, 0) is 0 Å². The Labute approximate surface area is 211 Å². The second kappa shape index (κ2) is 10.9. The number of rotatable bonds is 8. The van der Waals surface area contributed by atoms with Crippen LogP contribution in [0.5, 0.6) is 0 Å². The average molecular weight is 488 g/mol. The van der Waals surface area contributed by atoms with Crippen LogP contribution in [-0.4, -0.2) is 26.9 Å². The maximum Gasteiger partial charge on any atom is 0.266 e. The highest BCUT2D eigenvalue weighted by Gasteiger charge is 2.29. The molecule has 1 aromatic heterocycles. The third-order valence-electron chi connectivity index (χ3n) is 6.30. The van der Waals surface area contributed by atoms with Crippen molar-refractivity contribution < 1.29 is 4.79 Å². The molecular weight excluding hydrogens is 458 g/mol. The Morgan fingerprint density at radius 3 is 2.43 bits per heavy atom. The number of para-hydroxylation sites is 1. The number of halogens is 1. The monoisotopic (exact) mass is 487 g/mol. The van der Waals surface area contributed by atoms with Crippen LogP contribution >= 0.6 is 11.6 Å². The third kappa shape index (κ3) is 5.01. The van der Waals surface area contributed by atoms with Gasteiger partial charge in [-0.2, -0.15) is 0 Å². The molecule has 5 nitrogen and oxygen atoms in total. The van der Waals surface area contributed by atoms with Crippen molar-refractivity contribution in [2.45, 2.75) is 46.1 Å². The summed E-state index contributed by atoms with van der Waals surface area (Å²) < 4.78 is 1.67. The summed E-state index contributed by atoms with van der Waals surface area (Å²) in [6, 6.07) is 21.7. The molecule has 1 atom stereocenters. The molecule has 6 heteroatoms. The van der Waals surface area contributed by atoms with Gasteiger partial charge in [0.05, 0.1) is 22.6 Å². The second-order valence-electron chi connectivity index (χ2n) is 8.70. The zero-order chi connectivity index (χ0) is 24.9. The van der Waals surface area contributed by atoms with Crippen molar-refractivity contribution in [2.24, 2.45) is 0 Å². The van der Waals surface area contributed by atoms with Crippen molar-refractivity contribution in [3.05, 3.63) is 105 Å². The predicted molar refractivity (Wildman–Crippen MR) is 143 cm³/mol. The highest BCUT2D eigenvalue weighted by atomic mass is 35.5. The van der Waals surface area contributed by atoms with Crippen LogP contribution in [0, 0.1) is 6.92 Å². The number of aromatic nitrogens is 2. The Kier molecular flexibility index (Phi) is 7.67. The first-order valence-corrected chi connectivity index (χ1v) is 12.5. The Bertz CT molecular complexity index is 1400. The van der Waals surface area contributed by atoms with Crippen molar-refractivity contribution in [3.63, 3.8) is 0 Å². The molecule has 0 N–H and O–H groups in total. The molecule has 1 heterocycles. The van der Waals surface area contributed by atoms with E-state index < -0.39 is 0 Å². The van der Waals surface area contributed by atoms with Crippen LogP contribution in [0.1, 0.15) is 60.9 Å². The first-order valence-electron chi connectivity index (χ1n) is 12.1. The van der Waals surface area contributed by atoms with Gasteiger partial charge in [-0.25, -0.2) is 4.98 Å². The molecule has 0 saturated heterocycles. The molecule has 0 saturated carbocycles. The number of hydrogen-bond donors (Lipinski definition) is 0. The first kappa shape index (κ1) is 24.7. The molecule has 0 fully saturated rings. The first-order chi connectivity index (χ1) is 17.0. The summed E-state index contributed by atoms with van der Waals surface area (Å²) in [7, 11) is 0. The molecule has 0 aliphatic carbocycles. The lowest BCUT2D eigenvalue weighted by molar-refractivity contribution is 0.0656. The van der Waals surface area contributed by atoms with Gasteiger partial charge in [-0.15, -0.1) is 0 Å². The fraction of sp³-hybridized carbons (Fsp3) is 0.276. The summed E-state index contributed by atoms with van der Waals surface area (Å²) in [6.07, 6.45) is 2.41. The fourth-order valence-corrected chi connectivity index (χ4v) is 4.72. The minimum Gasteiger partial charge on any atom is -0.328 e. The van der Waals surface area contributed by atoms with Crippen molar-refractivity contribution in [1.82, 2.24) is 14.5 Å². The standard InChI is InChI=1S/C29H30ClN3O2/c1-4-6-18-32(28(34)21-12-8-7-9-13-21)25(5-2)27-31-24-15-11-10-14-23(24)29(35)33(27)26-17-16-22(30)19-20(26)3/h7-17,19,25H,4-6,18H2,1-3H3. The molecule has 1 amide bonds. The average Bonchev–Trinajstić information content (AvgIpc) is 2.87. The number of nitrogens with zero attached hydrogens (tertiary/aromatic N) is 3. The Morgan fingerprint density at radius 2 is 1.74 bits per heavy atom. The Balaban J connectivity index is 1.97. The Morgan fingerprint density at radius 1 is 1.03 bits per heavy atom. The molecular formula is C29H30ClN3O2. The van der Waals surface area contributed by atoms with Gasteiger partial charge in [0.2, 0.25) is 0 Å². The van der Waals surface area contributed by atoms with E-state index in [0.717, 1.165) is 18.4 Å². The van der Waals surface area contributed by atoms with Gasteiger partial charge in [-0.05, 0) is 67.8 Å². The lowest BCUT2D eigenvalue weighted by Crippen LogP contribution is -2.39. The number of hydrogen-bond acceptors (Lipinski definition) is 3. The van der Waals surface area contributed by atoms with Gasteiger partial charge in [0.1, 0.15) is 5.82 Å². The predicted octanol–water partition coefficient (Wildman–Crippen LogP) is 6.74. The maximum atomic E-state index is 13.9. The summed E-state index contributed by atoms with van der Waals surface area (Å²) in [5, 5.41) is 1.14. The molecule has 0 aliphatic rings. The normalized spacial score (nSPS) is 12.0. The van der Waals surface area contributed by atoms with Gasteiger partial charge < -0.3 is 4.90 Å². The molecule has 180 valence electrons. The third-order valence-corrected chi connectivity index (χ3v) is 6.53. The number of carbonyl (C=O) groups is 1. The van der Waals surface area contributed by atoms with Gasteiger partial charge in [0.15, 0.2) is 0 Å². The van der Waals surface area contributed by atoms with E-state index in [9.17, 15) is 9.59 Å². The Hall–Kier alpha value is -3.44. The molecule has 3 aromatic carbocycles. The van der Waals surface area contributed by atoms with Gasteiger partial charge in [0.25, 0.3) is 11.5 Å². The number of benzene rings is 3. The van der Waals surface area contributed by atoms with Crippen LogP contribution in [0.2, 0.25) is 5.02 Å². The minimum atomic E-state index is -0.387. The van der Waals surface area contributed by atoms with Gasteiger partial charge in [-0.3, -0.25) is 14.2 Å². The van der Waals surface area contributed by atoms with E-state index in [1.54, 1.807) is 16.7 Å². The van der Waals surface area contributed by atoms with E-state index in [1.807, 2.05) is 79.4 Å². The lowest BCUT2D eigenvalue weighted by Gasteiger charge is -2.32. The summed E-state index contributed by atoms with van der Waals surface area (Å²) >= 11 is 6.23. The van der Waals surface area contributed by atoms with Crippen molar-refractivity contribution in [3.8, 4) is 5.69 Å². The highest BCUT2D eigenvalue weighted by molar-refractivity contribution is 6.30. The van der Waals surface area contributed by atoms with Crippen LogP contribution in [0.25, 0.3) is 16.6 Å². The quantitative estimate of drug-likeness (QED) is 0.276. The fourth-order valence-electron chi connectivity index (χ4n) is 4.49. The van der Waals surface area contributed by atoms with Crippen LogP contribution < -0.4 is 5.56 Å². The molecule has 0 radical (unpaired) electrons. The van der Waals surface area contributed by atoms with Crippen molar-refractivity contribution in [1.29, 1.82) is 0 Å². The van der Waals surface area contributed by atoms with Crippen LogP contribution in [0.3, 0.4) is 0 Å². The highest BCUT2D eigenvalue weighted by Crippen LogP contribution is 2.29. The van der Waals surface area contributed by atoms with Gasteiger partial charge in [0, 0.05) is 17.1 Å². The van der Waals surface area contributed by atoms with Crippen LogP contribution in [0.4, 0.5) is 0 Å². The summed E-state index contributed by atoms with van der Waals surface area (Å²) in [5.41, 5.74) is 2.67. The van der Waals surface area contributed by atoms with E-state index in [-0.39, 0.29) is 17.5 Å². The smallest absolute Gasteiger partial charge is 0.266 e. The van der Waals surface area contributed by atoms with E-state index in [1.165, 1.54) is 0 Å². The van der Waals surface area contributed by atoms with E-state index in [2.05, 4.69) is 6.92 Å². The summed E-state index contributed by atoms with van der Waals surface area (Å²) in [4.78, 5) is 34.5.